The summed E-state index contributed by atoms with van der Waals surface area (Å²) >= 11 is 0. The molecule has 1 aromatic carbocycles. The van der Waals surface area contributed by atoms with Crippen molar-refractivity contribution in [2.45, 2.75) is 24.9 Å². The van der Waals surface area contributed by atoms with Crippen molar-refractivity contribution in [2.24, 2.45) is 7.05 Å². The van der Waals surface area contributed by atoms with Crippen LogP contribution in [0.2, 0.25) is 0 Å². The summed E-state index contributed by atoms with van der Waals surface area (Å²) in [6.07, 6.45) is 4.12. The highest BCUT2D eigenvalue weighted by Crippen LogP contribution is 2.20. The quantitative estimate of drug-likeness (QED) is 0.867. The lowest BCUT2D eigenvalue weighted by molar-refractivity contribution is 0.159. The first kappa shape index (κ1) is 17.0. The maximum atomic E-state index is 12.4. The number of aromatic nitrogens is 3. The molecule has 2 N–H and O–H groups in total. The third-order valence-corrected chi connectivity index (χ3v) is 5.09. The van der Waals surface area contributed by atoms with Crippen LogP contribution in [0.4, 0.5) is 10.5 Å². The van der Waals surface area contributed by atoms with Gasteiger partial charge in [0, 0.05) is 18.3 Å². The standard InChI is InChI=1S/C18H24N6O2/c1-23-12-19-22-17(23)13-4-6-14(7-5-13)20-18(25)21-15-10-26-11-16(15)24-8-2-3-9-24/h4-7,12,15-16H,2-3,8-11H2,1H3,(H2,20,21,25). The highest BCUT2D eigenvalue weighted by molar-refractivity contribution is 5.89. The van der Waals surface area contributed by atoms with E-state index < -0.39 is 0 Å². The molecule has 2 fully saturated rings. The fourth-order valence-corrected chi connectivity index (χ4v) is 3.70. The number of hydrogen-bond acceptors (Lipinski definition) is 5. The minimum atomic E-state index is -0.198. The topological polar surface area (TPSA) is 84.3 Å². The van der Waals surface area contributed by atoms with Gasteiger partial charge in [-0.3, -0.25) is 4.90 Å². The Kier molecular flexibility index (Phi) is 4.85. The molecule has 2 atom stereocenters. The fourth-order valence-electron chi connectivity index (χ4n) is 3.70. The Bertz CT molecular complexity index is 753. The van der Waals surface area contributed by atoms with Gasteiger partial charge in [0.15, 0.2) is 5.82 Å². The minimum absolute atomic E-state index is 0.0333. The number of carbonyl (C=O) groups excluding carboxylic acids is 1. The molecule has 2 aromatic rings. The number of likely N-dealkylation sites (tertiary alicyclic amines) is 1. The first-order chi connectivity index (χ1) is 12.7. The average molecular weight is 356 g/mol. The number of carbonyl (C=O) groups is 1. The van der Waals surface area contributed by atoms with Crippen LogP contribution in [0.25, 0.3) is 11.4 Å². The molecule has 0 radical (unpaired) electrons. The van der Waals surface area contributed by atoms with Crippen LogP contribution in [-0.4, -0.2) is 64.1 Å². The summed E-state index contributed by atoms with van der Waals surface area (Å²) in [6, 6.07) is 7.69. The Morgan fingerprint density at radius 3 is 2.65 bits per heavy atom. The summed E-state index contributed by atoms with van der Waals surface area (Å²) < 4.78 is 7.46. The van der Waals surface area contributed by atoms with Crippen LogP contribution in [0, 0.1) is 0 Å². The fraction of sp³-hybridized carbons (Fsp3) is 0.500. The van der Waals surface area contributed by atoms with E-state index in [-0.39, 0.29) is 18.1 Å². The van der Waals surface area contributed by atoms with E-state index in [0.29, 0.717) is 13.2 Å². The first-order valence-corrected chi connectivity index (χ1v) is 9.04. The van der Waals surface area contributed by atoms with Gasteiger partial charge in [-0.15, -0.1) is 10.2 Å². The number of ether oxygens (including phenoxy) is 1. The van der Waals surface area contributed by atoms with Gasteiger partial charge in [-0.25, -0.2) is 4.79 Å². The van der Waals surface area contributed by atoms with Gasteiger partial charge in [-0.2, -0.15) is 0 Å². The normalized spacial score (nSPS) is 23.3. The number of anilines is 1. The van der Waals surface area contributed by atoms with Crippen LogP contribution in [0.5, 0.6) is 0 Å². The van der Waals surface area contributed by atoms with Crippen molar-refractivity contribution < 1.29 is 9.53 Å². The molecular formula is C18H24N6O2. The molecule has 2 aliphatic heterocycles. The molecule has 0 aliphatic carbocycles. The Hall–Kier alpha value is -2.45. The zero-order valence-corrected chi connectivity index (χ0v) is 14.9. The second-order valence-electron chi connectivity index (χ2n) is 6.90. The van der Waals surface area contributed by atoms with Crippen molar-refractivity contribution >= 4 is 11.7 Å². The summed E-state index contributed by atoms with van der Waals surface area (Å²) in [7, 11) is 1.90. The van der Waals surface area contributed by atoms with E-state index in [9.17, 15) is 4.79 Å². The number of hydrogen-bond donors (Lipinski definition) is 2. The van der Waals surface area contributed by atoms with Gasteiger partial charge in [0.1, 0.15) is 6.33 Å². The average Bonchev–Trinajstić information content (AvgIpc) is 3.37. The zero-order chi connectivity index (χ0) is 17.9. The lowest BCUT2D eigenvalue weighted by atomic mass is 10.1. The number of urea groups is 1. The maximum absolute atomic E-state index is 12.4. The largest absolute Gasteiger partial charge is 0.378 e. The number of nitrogens with one attached hydrogen (secondary N) is 2. The molecule has 4 rings (SSSR count). The van der Waals surface area contributed by atoms with E-state index in [2.05, 4.69) is 25.7 Å². The summed E-state index contributed by atoms with van der Waals surface area (Å²) in [4.78, 5) is 14.8. The Balaban J connectivity index is 1.35. The van der Waals surface area contributed by atoms with E-state index in [1.807, 2.05) is 35.9 Å². The summed E-state index contributed by atoms with van der Waals surface area (Å²) in [5.41, 5.74) is 1.69. The molecule has 26 heavy (non-hydrogen) atoms. The van der Waals surface area contributed by atoms with Crippen molar-refractivity contribution in [1.82, 2.24) is 25.0 Å². The lowest BCUT2D eigenvalue weighted by Crippen LogP contribution is -2.51. The molecule has 2 unspecified atom stereocenters. The molecule has 8 heteroatoms. The number of amides is 2. The van der Waals surface area contributed by atoms with Crippen molar-refractivity contribution in [3.63, 3.8) is 0 Å². The molecule has 2 saturated heterocycles. The van der Waals surface area contributed by atoms with Crippen molar-refractivity contribution in [2.75, 3.05) is 31.6 Å². The number of nitrogens with zero attached hydrogens (tertiary/aromatic N) is 4. The van der Waals surface area contributed by atoms with E-state index in [0.717, 1.165) is 30.2 Å². The lowest BCUT2D eigenvalue weighted by Gasteiger charge is -2.27. The SMILES string of the molecule is Cn1cnnc1-c1ccc(NC(=O)NC2COCC2N2CCCC2)cc1. The van der Waals surface area contributed by atoms with Crippen LogP contribution in [0.15, 0.2) is 30.6 Å². The van der Waals surface area contributed by atoms with Crippen LogP contribution in [-0.2, 0) is 11.8 Å². The van der Waals surface area contributed by atoms with Gasteiger partial charge in [0.25, 0.3) is 0 Å². The predicted molar refractivity (Wildman–Crippen MR) is 97.8 cm³/mol. The summed E-state index contributed by atoms with van der Waals surface area (Å²) in [6.45, 7) is 3.45. The summed E-state index contributed by atoms with van der Waals surface area (Å²) in [5, 5.41) is 13.9. The smallest absolute Gasteiger partial charge is 0.319 e. The van der Waals surface area contributed by atoms with Gasteiger partial charge in [0.05, 0.1) is 25.3 Å². The van der Waals surface area contributed by atoms with E-state index in [4.69, 9.17) is 4.74 Å². The number of rotatable bonds is 4. The van der Waals surface area contributed by atoms with Crippen molar-refractivity contribution in [3.8, 4) is 11.4 Å². The predicted octanol–water partition coefficient (Wildman–Crippen LogP) is 1.47. The Morgan fingerprint density at radius 2 is 1.96 bits per heavy atom. The van der Waals surface area contributed by atoms with Gasteiger partial charge < -0.3 is 19.9 Å². The molecule has 0 saturated carbocycles. The monoisotopic (exact) mass is 356 g/mol. The van der Waals surface area contributed by atoms with Crippen LogP contribution >= 0.6 is 0 Å². The molecule has 8 nitrogen and oxygen atoms in total. The molecule has 0 bridgehead atoms. The molecular weight excluding hydrogens is 332 g/mol. The van der Waals surface area contributed by atoms with Crippen molar-refractivity contribution in [1.29, 1.82) is 0 Å². The Labute approximate surface area is 152 Å². The second kappa shape index (κ2) is 7.43. The van der Waals surface area contributed by atoms with Crippen LogP contribution in [0.1, 0.15) is 12.8 Å². The highest BCUT2D eigenvalue weighted by Gasteiger charge is 2.35. The highest BCUT2D eigenvalue weighted by atomic mass is 16.5. The van der Waals surface area contributed by atoms with E-state index in [1.165, 1.54) is 12.8 Å². The Morgan fingerprint density at radius 1 is 1.19 bits per heavy atom. The maximum Gasteiger partial charge on any atom is 0.319 e. The molecule has 2 amide bonds. The molecule has 2 aliphatic rings. The molecule has 3 heterocycles. The van der Waals surface area contributed by atoms with Crippen LogP contribution < -0.4 is 10.6 Å². The first-order valence-electron chi connectivity index (χ1n) is 9.04. The number of aryl methyl sites for hydroxylation is 1. The third-order valence-electron chi connectivity index (χ3n) is 5.09. The third kappa shape index (κ3) is 3.56. The molecule has 1 aromatic heterocycles. The summed E-state index contributed by atoms with van der Waals surface area (Å²) in [5.74, 6) is 0.789. The molecule has 0 spiro atoms. The van der Waals surface area contributed by atoms with Crippen LogP contribution in [0.3, 0.4) is 0 Å². The van der Waals surface area contributed by atoms with Gasteiger partial charge in [0.2, 0.25) is 0 Å². The molecule has 138 valence electrons. The van der Waals surface area contributed by atoms with Gasteiger partial charge in [-0.05, 0) is 50.2 Å². The van der Waals surface area contributed by atoms with Gasteiger partial charge in [-0.1, -0.05) is 0 Å². The van der Waals surface area contributed by atoms with Gasteiger partial charge >= 0.3 is 6.03 Å². The van der Waals surface area contributed by atoms with Crippen molar-refractivity contribution in [3.05, 3.63) is 30.6 Å². The van der Waals surface area contributed by atoms with E-state index >= 15 is 0 Å². The minimum Gasteiger partial charge on any atom is -0.378 e. The second-order valence-corrected chi connectivity index (χ2v) is 6.90. The van der Waals surface area contributed by atoms with E-state index in [1.54, 1.807) is 6.33 Å². The number of benzene rings is 1. The zero-order valence-electron chi connectivity index (χ0n) is 14.9.